The molecule has 0 bridgehead atoms. The summed E-state index contributed by atoms with van der Waals surface area (Å²) >= 11 is 0. The summed E-state index contributed by atoms with van der Waals surface area (Å²) in [5, 5.41) is 3.34. The molecular formula is C16H20ClN3. The Balaban J connectivity index is 0.00000147. The minimum Gasteiger partial charge on any atom is -0.366 e. The summed E-state index contributed by atoms with van der Waals surface area (Å²) < 4.78 is 0. The molecule has 2 atom stereocenters. The van der Waals surface area contributed by atoms with Crippen molar-refractivity contribution in [3.63, 3.8) is 0 Å². The van der Waals surface area contributed by atoms with Crippen LogP contribution in [0.2, 0.25) is 0 Å². The zero-order valence-electron chi connectivity index (χ0n) is 11.5. The van der Waals surface area contributed by atoms with Crippen LogP contribution >= 0.6 is 12.4 Å². The zero-order valence-corrected chi connectivity index (χ0v) is 12.4. The Morgan fingerprint density at radius 2 is 1.90 bits per heavy atom. The minimum absolute atomic E-state index is 0. The van der Waals surface area contributed by atoms with Crippen LogP contribution in [0.4, 0.5) is 5.82 Å². The molecule has 3 nitrogen and oxygen atoms in total. The molecule has 3 rings (SSSR count). The van der Waals surface area contributed by atoms with Crippen molar-refractivity contribution in [2.75, 3.05) is 5.32 Å². The van der Waals surface area contributed by atoms with Crippen molar-refractivity contribution >= 4 is 18.2 Å². The van der Waals surface area contributed by atoms with Crippen LogP contribution in [0.15, 0.2) is 42.6 Å². The van der Waals surface area contributed by atoms with E-state index in [-0.39, 0.29) is 12.4 Å². The highest BCUT2D eigenvalue weighted by Crippen LogP contribution is 2.38. The van der Waals surface area contributed by atoms with Gasteiger partial charge >= 0.3 is 0 Å². The first-order chi connectivity index (χ1) is 9.22. The number of hydrogen-bond acceptors (Lipinski definition) is 3. The van der Waals surface area contributed by atoms with E-state index in [2.05, 4.69) is 47.6 Å². The summed E-state index contributed by atoms with van der Waals surface area (Å²) in [6, 6.07) is 13.0. The van der Waals surface area contributed by atoms with Gasteiger partial charge in [-0.1, -0.05) is 35.9 Å². The Morgan fingerprint density at radius 3 is 2.45 bits per heavy atom. The van der Waals surface area contributed by atoms with Crippen LogP contribution in [0.1, 0.15) is 29.0 Å². The molecule has 1 aliphatic rings. The molecule has 3 N–H and O–H groups in total. The molecule has 20 heavy (non-hydrogen) atoms. The van der Waals surface area contributed by atoms with Gasteiger partial charge in [0.1, 0.15) is 5.82 Å². The Hall–Kier alpha value is -1.58. The molecule has 2 unspecified atom stereocenters. The second-order valence-electron chi connectivity index (χ2n) is 5.32. The zero-order chi connectivity index (χ0) is 13.2. The van der Waals surface area contributed by atoms with Crippen LogP contribution in [0, 0.1) is 6.92 Å². The molecule has 106 valence electrons. The van der Waals surface area contributed by atoms with Gasteiger partial charge in [0.2, 0.25) is 0 Å². The van der Waals surface area contributed by atoms with E-state index in [9.17, 15) is 0 Å². The molecule has 0 aliphatic heterocycles. The fourth-order valence-electron chi connectivity index (χ4n) is 2.23. The maximum atomic E-state index is 5.84. The third-order valence-corrected chi connectivity index (χ3v) is 3.65. The number of aryl methyl sites for hydroxylation is 1. The Morgan fingerprint density at radius 1 is 1.20 bits per heavy atom. The summed E-state index contributed by atoms with van der Waals surface area (Å²) in [6.45, 7) is 2.90. The highest BCUT2D eigenvalue weighted by atomic mass is 35.5. The summed E-state index contributed by atoms with van der Waals surface area (Å²) in [6.07, 6.45) is 3.03. The number of nitrogens with two attached hydrogens (primary N) is 1. The van der Waals surface area contributed by atoms with E-state index in [1.165, 1.54) is 16.7 Å². The summed E-state index contributed by atoms with van der Waals surface area (Å²) in [7, 11) is 0. The normalized spacial score (nSPS) is 20.1. The molecule has 1 aromatic heterocycles. The number of rotatable bonds is 4. The average Bonchev–Trinajstić information content (AvgIpc) is 3.16. The summed E-state index contributed by atoms with van der Waals surface area (Å²) in [5.41, 5.74) is 9.65. The van der Waals surface area contributed by atoms with Crippen LogP contribution in [0.3, 0.4) is 0 Å². The molecular weight excluding hydrogens is 270 g/mol. The van der Waals surface area contributed by atoms with Gasteiger partial charge in [0.05, 0.1) is 0 Å². The SMILES string of the molecule is Cc1ccc(CNc2ccc(C3CC3N)cn2)cc1.Cl. The second kappa shape index (κ2) is 6.25. The predicted molar refractivity (Wildman–Crippen MR) is 85.3 cm³/mol. The number of nitrogens with one attached hydrogen (secondary N) is 1. The van der Waals surface area contributed by atoms with Crippen LogP contribution in [0.25, 0.3) is 0 Å². The Labute approximate surface area is 126 Å². The van der Waals surface area contributed by atoms with E-state index >= 15 is 0 Å². The molecule has 0 saturated heterocycles. The van der Waals surface area contributed by atoms with Crippen molar-refractivity contribution in [1.82, 2.24) is 4.98 Å². The van der Waals surface area contributed by atoms with Crippen molar-refractivity contribution in [2.24, 2.45) is 5.73 Å². The smallest absolute Gasteiger partial charge is 0.126 e. The van der Waals surface area contributed by atoms with Crippen molar-refractivity contribution in [3.05, 3.63) is 59.3 Å². The van der Waals surface area contributed by atoms with Crippen LogP contribution in [0.5, 0.6) is 0 Å². The lowest BCUT2D eigenvalue weighted by atomic mass is 10.1. The molecule has 0 spiro atoms. The topological polar surface area (TPSA) is 50.9 Å². The standard InChI is InChI=1S/C16H19N3.ClH/c1-11-2-4-12(5-3-11)9-18-16-7-6-13(10-19-16)14-8-15(14)17;/h2-7,10,14-15H,8-9,17H2,1H3,(H,18,19);1H. The molecule has 1 aromatic carbocycles. The van der Waals surface area contributed by atoms with E-state index in [0.29, 0.717) is 12.0 Å². The molecule has 1 heterocycles. The molecule has 2 aromatic rings. The van der Waals surface area contributed by atoms with Crippen molar-refractivity contribution < 1.29 is 0 Å². The number of pyridine rings is 1. The molecule has 1 fully saturated rings. The van der Waals surface area contributed by atoms with Crippen LogP contribution in [-0.4, -0.2) is 11.0 Å². The van der Waals surface area contributed by atoms with E-state index in [1.54, 1.807) is 0 Å². The lowest BCUT2D eigenvalue weighted by Crippen LogP contribution is -2.03. The first kappa shape index (κ1) is 14.8. The Bertz CT molecular complexity index is 551. The van der Waals surface area contributed by atoms with Gasteiger partial charge in [-0.3, -0.25) is 0 Å². The third kappa shape index (κ3) is 3.50. The van der Waals surface area contributed by atoms with Crippen molar-refractivity contribution in [2.45, 2.75) is 31.8 Å². The lowest BCUT2D eigenvalue weighted by molar-refractivity contribution is 0.978. The first-order valence-electron chi connectivity index (χ1n) is 6.73. The van der Waals surface area contributed by atoms with Gasteiger partial charge in [-0.25, -0.2) is 4.98 Å². The molecule has 4 heteroatoms. The van der Waals surface area contributed by atoms with Gasteiger partial charge in [-0.05, 0) is 30.5 Å². The quantitative estimate of drug-likeness (QED) is 0.908. The average molecular weight is 290 g/mol. The number of anilines is 1. The molecule has 0 amide bonds. The monoisotopic (exact) mass is 289 g/mol. The number of hydrogen-bond donors (Lipinski definition) is 2. The van der Waals surface area contributed by atoms with Crippen molar-refractivity contribution in [3.8, 4) is 0 Å². The van der Waals surface area contributed by atoms with Crippen molar-refractivity contribution in [1.29, 1.82) is 0 Å². The number of halogens is 1. The fraction of sp³-hybridized carbons (Fsp3) is 0.312. The maximum absolute atomic E-state index is 5.84. The van der Waals surface area contributed by atoms with Gasteiger partial charge in [-0.2, -0.15) is 0 Å². The second-order valence-corrected chi connectivity index (χ2v) is 5.32. The van der Waals surface area contributed by atoms with E-state index < -0.39 is 0 Å². The lowest BCUT2D eigenvalue weighted by Gasteiger charge is -2.07. The number of nitrogens with zero attached hydrogens (tertiary/aromatic N) is 1. The van der Waals surface area contributed by atoms with Gasteiger partial charge in [0, 0.05) is 24.7 Å². The van der Waals surface area contributed by atoms with Gasteiger partial charge in [0.25, 0.3) is 0 Å². The highest BCUT2D eigenvalue weighted by molar-refractivity contribution is 5.85. The molecule has 1 saturated carbocycles. The minimum atomic E-state index is 0. The van der Waals surface area contributed by atoms with Gasteiger partial charge in [0.15, 0.2) is 0 Å². The van der Waals surface area contributed by atoms with E-state index in [1.807, 2.05) is 12.3 Å². The van der Waals surface area contributed by atoms with E-state index in [0.717, 1.165) is 18.8 Å². The summed E-state index contributed by atoms with van der Waals surface area (Å²) in [4.78, 5) is 4.44. The predicted octanol–water partition coefficient (Wildman–Crippen LogP) is 3.24. The summed E-state index contributed by atoms with van der Waals surface area (Å²) in [5.74, 6) is 1.44. The van der Waals surface area contributed by atoms with Gasteiger partial charge in [-0.15, -0.1) is 12.4 Å². The number of benzene rings is 1. The molecule has 1 aliphatic carbocycles. The third-order valence-electron chi connectivity index (χ3n) is 3.65. The molecule has 0 radical (unpaired) electrons. The Kier molecular flexibility index (Phi) is 4.63. The number of aromatic nitrogens is 1. The maximum Gasteiger partial charge on any atom is 0.126 e. The highest BCUT2D eigenvalue weighted by Gasteiger charge is 2.34. The first-order valence-corrected chi connectivity index (χ1v) is 6.73. The van der Waals surface area contributed by atoms with E-state index in [4.69, 9.17) is 5.73 Å². The largest absolute Gasteiger partial charge is 0.366 e. The van der Waals surface area contributed by atoms with Crippen LogP contribution in [-0.2, 0) is 6.54 Å². The van der Waals surface area contributed by atoms with Crippen LogP contribution < -0.4 is 11.1 Å². The van der Waals surface area contributed by atoms with Gasteiger partial charge < -0.3 is 11.1 Å². The fourth-order valence-corrected chi connectivity index (χ4v) is 2.23.